The normalized spacial score (nSPS) is 14.4. The Balaban J connectivity index is 1.46. The Morgan fingerprint density at radius 1 is 1.04 bits per heavy atom. The van der Waals surface area contributed by atoms with E-state index < -0.39 is 0 Å². The molecule has 1 saturated heterocycles. The average Bonchev–Trinajstić information content (AvgIpc) is 2.65. The summed E-state index contributed by atoms with van der Waals surface area (Å²) in [6, 6.07) is 13.3. The fourth-order valence-electron chi connectivity index (χ4n) is 3.12. The van der Waals surface area contributed by atoms with Crippen molar-refractivity contribution in [2.45, 2.75) is 20.3 Å². The molecule has 1 N–H and O–H groups in total. The number of hydrogen-bond acceptors (Lipinski definition) is 4. The minimum atomic E-state index is 0.0974. The first-order chi connectivity index (χ1) is 12.5. The number of ether oxygens (including phenoxy) is 1. The van der Waals surface area contributed by atoms with Crippen LogP contribution in [-0.2, 0) is 4.79 Å². The highest BCUT2D eigenvalue weighted by Gasteiger charge is 2.21. The first-order valence-electron chi connectivity index (χ1n) is 9.05. The Bertz CT molecular complexity index is 768. The van der Waals surface area contributed by atoms with E-state index in [1.165, 1.54) is 16.8 Å². The highest BCUT2D eigenvalue weighted by Crippen LogP contribution is 2.24. The molecule has 2 aromatic carbocycles. The van der Waals surface area contributed by atoms with E-state index in [4.69, 9.17) is 4.74 Å². The fourth-order valence-corrected chi connectivity index (χ4v) is 3.12. The van der Waals surface area contributed by atoms with Gasteiger partial charge in [-0.15, -0.1) is 0 Å². The molecule has 5 heteroatoms. The van der Waals surface area contributed by atoms with Crippen LogP contribution < -0.4 is 9.64 Å². The number of aryl methyl sites for hydroxylation is 2. The third kappa shape index (κ3) is 4.28. The van der Waals surface area contributed by atoms with Gasteiger partial charge in [0.05, 0.1) is 13.0 Å². The van der Waals surface area contributed by atoms with Gasteiger partial charge in [-0.1, -0.05) is 18.2 Å². The quantitative estimate of drug-likeness (QED) is 0.896. The lowest BCUT2D eigenvalue weighted by Crippen LogP contribution is -2.49. The number of rotatable bonds is 5. The third-order valence-electron chi connectivity index (χ3n) is 4.93. The summed E-state index contributed by atoms with van der Waals surface area (Å²) in [5.41, 5.74) is 3.82. The van der Waals surface area contributed by atoms with Gasteiger partial charge in [0, 0.05) is 31.9 Å². The SMILES string of the molecule is Cc1ccc(N2CCN(C(=O)CCOc3ccccc3O)CC2)cc1C. The van der Waals surface area contributed by atoms with Crippen molar-refractivity contribution >= 4 is 11.6 Å². The lowest BCUT2D eigenvalue weighted by Gasteiger charge is -2.36. The van der Waals surface area contributed by atoms with Crippen LogP contribution in [0.25, 0.3) is 0 Å². The largest absolute Gasteiger partial charge is 0.504 e. The standard InChI is InChI=1S/C21H26N2O3/c1-16-7-8-18(15-17(16)2)22-10-12-23(13-11-22)21(25)9-14-26-20-6-4-3-5-19(20)24/h3-8,15,24H,9-14H2,1-2H3. The van der Waals surface area contributed by atoms with Crippen LogP contribution in [0.2, 0.25) is 0 Å². The molecule has 5 nitrogen and oxygen atoms in total. The van der Waals surface area contributed by atoms with Crippen LogP contribution in [-0.4, -0.2) is 48.7 Å². The van der Waals surface area contributed by atoms with E-state index >= 15 is 0 Å². The van der Waals surface area contributed by atoms with Crippen molar-refractivity contribution in [2.75, 3.05) is 37.7 Å². The molecule has 1 amide bonds. The lowest BCUT2D eigenvalue weighted by molar-refractivity contribution is -0.132. The first kappa shape index (κ1) is 18.1. The highest BCUT2D eigenvalue weighted by atomic mass is 16.5. The molecular weight excluding hydrogens is 328 g/mol. The molecule has 2 aromatic rings. The van der Waals surface area contributed by atoms with Crippen LogP contribution in [0, 0.1) is 13.8 Å². The molecule has 0 aromatic heterocycles. The molecule has 0 unspecified atom stereocenters. The number of benzene rings is 2. The average molecular weight is 354 g/mol. The zero-order chi connectivity index (χ0) is 18.5. The number of aromatic hydroxyl groups is 1. The molecule has 0 aliphatic carbocycles. The number of nitrogens with zero attached hydrogens (tertiary/aromatic N) is 2. The number of hydrogen-bond donors (Lipinski definition) is 1. The van der Waals surface area contributed by atoms with Crippen LogP contribution >= 0.6 is 0 Å². The number of piperazine rings is 1. The molecule has 1 heterocycles. The second kappa shape index (κ2) is 8.13. The number of carbonyl (C=O) groups excluding carboxylic acids is 1. The monoisotopic (exact) mass is 354 g/mol. The van der Waals surface area contributed by atoms with E-state index in [2.05, 4.69) is 36.9 Å². The Hall–Kier alpha value is -2.69. The molecule has 0 atom stereocenters. The van der Waals surface area contributed by atoms with Gasteiger partial charge in [-0.05, 0) is 49.2 Å². The summed E-state index contributed by atoms with van der Waals surface area (Å²) < 4.78 is 5.51. The Labute approximate surface area is 154 Å². The second-order valence-electron chi connectivity index (χ2n) is 6.70. The molecule has 1 aliphatic heterocycles. The van der Waals surface area contributed by atoms with Crippen LogP contribution in [0.1, 0.15) is 17.5 Å². The van der Waals surface area contributed by atoms with Crippen molar-refractivity contribution < 1.29 is 14.6 Å². The summed E-state index contributed by atoms with van der Waals surface area (Å²) in [5.74, 6) is 0.613. The van der Waals surface area contributed by atoms with E-state index in [-0.39, 0.29) is 18.3 Å². The van der Waals surface area contributed by atoms with Crippen LogP contribution in [0.5, 0.6) is 11.5 Å². The lowest BCUT2D eigenvalue weighted by atomic mass is 10.1. The van der Waals surface area contributed by atoms with Crippen molar-refractivity contribution in [3.05, 3.63) is 53.6 Å². The molecule has 0 bridgehead atoms. The number of para-hydroxylation sites is 2. The highest BCUT2D eigenvalue weighted by molar-refractivity contribution is 5.76. The number of anilines is 1. The van der Waals surface area contributed by atoms with E-state index in [1.54, 1.807) is 24.3 Å². The van der Waals surface area contributed by atoms with Gasteiger partial charge in [0.25, 0.3) is 0 Å². The maximum atomic E-state index is 12.4. The van der Waals surface area contributed by atoms with Crippen LogP contribution in [0.3, 0.4) is 0 Å². The van der Waals surface area contributed by atoms with Gasteiger partial charge in [0.1, 0.15) is 0 Å². The van der Waals surface area contributed by atoms with E-state index in [9.17, 15) is 9.90 Å². The summed E-state index contributed by atoms with van der Waals surface area (Å²) in [6.45, 7) is 7.65. The summed E-state index contributed by atoms with van der Waals surface area (Å²) >= 11 is 0. The van der Waals surface area contributed by atoms with Crippen molar-refractivity contribution in [1.29, 1.82) is 0 Å². The van der Waals surface area contributed by atoms with Gasteiger partial charge in [-0.2, -0.15) is 0 Å². The minimum Gasteiger partial charge on any atom is -0.504 e. The van der Waals surface area contributed by atoms with Gasteiger partial charge in [0.15, 0.2) is 11.5 Å². The maximum Gasteiger partial charge on any atom is 0.226 e. The van der Waals surface area contributed by atoms with E-state index in [0.717, 1.165) is 26.2 Å². The Morgan fingerprint density at radius 2 is 1.77 bits per heavy atom. The maximum absolute atomic E-state index is 12.4. The Kier molecular flexibility index (Phi) is 5.66. The summed E-state index contributed by atoms with van der Waals surface area (Å²) in [6.07, 6.45) is 0.317. The predicted molar refractivity (Wildman–Crippen MR) is 103 cm³/mol. The van der Waals surface area contributed by atoms with Gasteiger partial charge in [0.2, 0.25) is 5.91 Å². The summed E-state index contributed by atoms with van der Waals surface area (Å²) in [5, 5.41) is 9.67. The minimum absolute atomic E-state index is 0.0974. The Morgan fingerprint density at radius 3 is 2.46 bits per heavy atom. The molecular formula is C21H26N2O3. The smallest absolute Gasteiger partial charge is 0.226 e. The van der Waals surface area contributed by atoms with Crippen LogP contribution in [0.15, 0.2) is 42.5 Å². The molecule has 0 radical (unpaired) electrons. The zero-order valence-electron chi connectivity index (χ0n) is 15.4. The molecule has 0 spiro atoms. The number of carbonyl (C=O) groups is 1. The number of phenols is 1. The van der Waals surface area contributed by atoms with Crippen molar-refractivity contribution in [3.63, 3.8) is 0 Å². The molecule has 0 saturated carbocycles. The summed E-state index contributed by atoms with van der Waals surface area (Å²) in [4.78, 5) is 16.6. The molecule has 1 aliphatic rings. The van der Waals surface area contributed by atoms with E-state index in [0.29, 0.717) is 12.2 Å². The number of amides is 1. The summed E-state index contributed by atoms with van der Waals surface area (Å²) in [7, 11) is 0. The van der Waals surface area contributed by atoms with E-state index in [1.807, 2.05) is 4.90 Å². The predicted octanol–water partition coefficient (Wildman–Crippen LogP) is 3.13. The van der Waals surface area contributed by atoms with Gasteiger partial charge in [-0.25, -0.2) is 0 Å². The van der Waals surface area contributed by atoms with Gasteiger partial charge in [-0.3, -0.25) is 4.79 Å². The van der Waals surface area contributed by atoms with Gasteiger partial charge >= 0.3 is 0 Å². The van der Waals surface area contributed by atoms with Gasteiger partial charge < -0.3 is 19.6 Å². The topological polar surface area (TPSA) is 53.0 Å². The van der Waals surface area contributed by atoms with Crippen molar-refractivity contribution in [2.24, 2.45) is 0 Å². The van der Waals surface area contributed by atoms with Crippen molar-refractivity contribution in [1.82, 2.24) is 4.90 Å². The third-order valence-corrected chi connectivity index (χ3v) is 4.93. The van der Waals surface area contributed by atoms with Crippen LogP contribution in [0.4, 0.5) is 5.69 Å². The number of phenolic OH excluding ortho intramolecular Hbond substituents is 1. The molecule has 3 rings (SSSR count). The zero-order valence-corrected chi connectivity index (χ0v) is 15.4. The fraction of sp³-hybridized carbons (Fsp3) is 0.381. The molecule has 138 valence electrons. The molecule has 26 heavy (non-hydrogen) atoms. The molecule has 1 fully saturated rings. The van der Waals surface area contributed by atoms with Crippen molar-refractivity contribution in [3.8, 4) is 11.5 Å². The first-order valence-corrected chi connectivity index (χ1v) is 9.05. The second-order valence-corrected chi connectivity index (χ2v) is 6.70.